The lowest BCUT2D eigenvalue weighted by Crippen LogP contribution is -2.53. The lowest BCUT2D eigenvalue weighted by atomic mass is 9.88. The molecule has 5 nitrogen and oxygen atoms in total. The van der Waals surface area contributed by atoms with Crippen LogP contribution in [-0.2, 0) is 4.74 Å². The molecule has 5 heteroatoms. The van der Waals surface area contributed by atoms with Crippen molar-refractivity contribution in [2.24, 2.45) is 5.92 Å². The van der Waals surface area contributed by atoms with Gasteiger partial charge in [-0.05, 0) is 26.0 Å². The summed E-state index contributed by atoms with van der Waals surface area (Å²) in [6, 6.07) is 2.03. The Labute approximate surface area is 125 Å². The summed E-state index contributed by atoms with van der Waals surface area (Å²) in [5.74, 6) is 1.22. The van der Waals surface area contributed by atoms with Crippen molar-refractivity contribution in [1.82, 2.24) is 9.80 Å². The number of hydrogen-bond donors (Lipinski definition) is 0. The van der Waals surface area contributed by atoms with Crippen LogP contribution in [0, 0.1) is 12.8 Å². The molecule has 2 aliphatic heterocycles. The van der Waals surface area contributed by atoms with Gasteiger partial charge in [-0.2, -0.15) is 0 Å². The third-order valence-corrected chi connectivity index (χ3v) is 5.04. The van der Waals surface area contributed by atoms with E-state index in [0.29, 0.717) is 17.2 Å². The maximum atomic E-state index is 12.8. The molecule has 2 fully saturated rings. The van der Waals surface area contributed by atoms with Crippen molar-refractivity contribution >= 4 is 5.91 Å². The summed E-state index contributed by atoms with van der Waals surface area (Å²) in [5, 5.41) is 0. The van der Waals surface area contributed by atoms with E-state index >= 15 is 0 Å². The van der Waals surface area contributed by atoms with Crippen molar-refractivity contribution in [3.63, 3.8) is 0 Å². The number of likely N-dealkylation sites (N-methyl/N-ethyl adjacent to an activating group) is 1. The van der Waals surface area contributed by atoms with E-state index in [1.54, 1.807) is 19.4 Å². The van der Waals surface area contributed by atoms with E-state index in [9.17, 15) is 4.79 Å². The number of piperidine rings is 1. The number of likely N-dealkylation sites (tertiary alicyclic amines) is 2. The number of carbonyl (C=O) groups excluding carboxylic acids is 1. The Kier molecular flexibility index (Phi) is 4.04. The third kappa shape index (κ3) is 2.49. The van der Waals surface area contributed by atoms with Crippen LogP contribution in [0.2, 0.25) is 0 Å². The van der Waals surface area contributed by atoms with Crippen LogP contribution in [0.3, 0.4) is 0 Å². The average Bonchev–Trinajstić information content (AvgIpc) is 3.11. The van der Waals surface area contributed by atoms with Crippen LogP contribution in [0.15, 0.2) is 16.7 Å². The normalized spacial score (nSPS) is 29.7. The van der Waals surface area contributed by atoms with Gasteiger partial charge in [-0.3, -0.25) is 4.79 Å². The summed E-state index contributed by atoms with van der Waals surface area (Å²) in [4.78, 5) is 17.3. The predicted molar refractivity (Wildman–Crippen MR) is 79.3 cm³/mol. The van der Waals surface area contributed by atoms with Gasteiger partial charge in [-0.1, -0.05) is 6.92 Å². The molecule has 0 bridgehead atoms. The number of carbonyl (C=O) groups is 1. The summed E-state index contributed by atoms with van der Waals surface area (Å²) < 4.78 is 10.9. The highest BCUT2D eigenvalue weighted by Gasteiger charge is 2.45. The molecule has 0 aliphatic carbocycles. The molecule has 0 N–H and O–H groups in total. The number of furan rings is 1. The first kappa shape index (κ1) is 14.6. The minimum atomic E-state index is 0.101. The van der Waals surface area contributed by atoms with E-state index in [4.69, 9.17) is 9.15 Å². The number of ether oxygens (including phenoxy) is 1. The highest BCUT2D eigenvalue weighted by Crippen LogP contribution is 2.33. The van der Waals surface area contributed by atoms with E-state index < -0.39 is 0 Å². The van der Waals surface area contributed by atoms with Crippen molar-refractivity contribution in [3.05, 3.63) is 23.7 Å². The molecule has 0 spiro atoms. The molecule has 116 valence electrons. The second kappa shape index (κ2) is 5.81. The molecule has 0 unspecified atom stereocenters. The van der Waals surface area contributed by atoms with E-state index in [2.05, 4.69) is 11.8 Å². The molecule has 0 saturated carbocycles. The Hall–Kier alpha value is -1.33. The molecule has 1 amide bonds. The van der Waals surface area contributed by atoms with E-state index in [1.807, 2.05) is 11.8 Å². The topological polar surface area (TPSA) is 45.9 Å². The number of hydrogen-bond acceptors (Lipinski definition) is 4. The van der Waals surface area contributed by atoms with Crippen molar-refractivity contribution in [2.45, 2.75) is 32.4 Å². The summed E-state index contributed by atoms with van der Waals surface area (Å²) in [6.07, 6.45) is 2.77. The van der Waals surface area contributed by atoms with Crippen LogP contribution in [0.4, 0.5) is 0 Å². The minimum absolute atomic E-state index is 0.101. The van der Waals surface area contributed by atoms with Gasteiger partial charge in [0.05, 0.1) is 24.0 Å². The molecule has 0 aromatic carbocycles. The van der Waals surface area contributed by atoms with Crippen LogP contribution in [-0.4, -0.2) is 61.1 Å². The minimum Gasteiger partial charge on any atom is -0.469 e. The summed E-state index contributed by atoms with van der Waals surface area (Å²) in [7, 11) is 1.79. The van der Waals surface area contributed by atoms with Gasteiger partial charge in [0.2, 0.25) is 0 Å². The molecule has 2 aliphatic rings. The van der Waals surface area contributed by atoms with Crippen molar-refractivity contribution in [3.8, 4) is 0 Å². The van der Waals surface area contributed by atoms with Gasteiger partial charge in [0.15, 0.2) is 0 Å². The second-order valence-corrected chi connectivity index (χ2v) is 6.04. The SMILES string of the molecule is CCN1C[C@H]2[C@H](OC)CCN(C(=O)c3ccoc3C)[C@H]2C1. The Bertz CT molecular complexity index is 513. The maximum Gasteiger partial charge on any atom is 0.257 e. The second-order valence-electron chi connectivity index (χ2n) is 6.04. The number of rotatable bonds is 3. The molecule has 3 rings (SSSR count). The number of amides is 1. The fourth-order valence-corrected chi connectivity index (χ4v) is 3.80. The van der Waals surface area contributed by atoms with Crippen molar-refractivity contribution < 1.29 is 13.9 Å². The van der Waals surface area contributed by atoms with Crippen LogP contribution in [0.1, 0.15) is 29.5 Å². The number of methoxy groups -OCH3 is 1. The van der Waals surface area contributed by atoms with E-state index in [-0.39, 0.29) is 18.1 Å². The zero-order valence-electron chi connectivity index (χ0n) is 13.0. The number of aryl methyl sites for hydroxylation is 1. The molecule has 1 aromatic heterocycles. The van der Waals surface area contributed by atoms with Crippen LogP contribution >= 0.6 is 0 Å². The lowest BCUT2D eigenvalue weighted by molar-refractivity contribution is -0.0156. The van der Waals surface area contributed by atoms with E-state index in [0.717, 1.165) is 32.6 Å². The Morgan fingerprint density at radius 3 is 2.90 bits per heavy atom. The molecule has 3 atom stereocenters. The molecule has 2 saturated heterocycles. The highest BCUT2D eigenvalue weighted by atomic mass is 16.5. The van der Waals surface area contributed by atoms with Gasteiger partial charge < -0.3 is 19.0 Å². The lowest BCUT2D eigenvalue weighted by Gasteiger charge is -2.41. The molecule has 0 radical (unpaired) electrons. The quantitative estimate of drug-likeness (QED) is 0.852. The van der Waals surface area contributed by atoms with Crippen LogP contribution in [0.5, 0.6) is 0 Å². The largest absolute Gasteiger partial charge is 0.469 e. The first-order valence-electron chi connectivity index (χ1n) is 7.76. The molecular weight excluding hydrogens is 268 g/mol. The summed E-state index contributed by atoms with van der Waals surface area (Å²) in [6.45, 7) is 7.78. The first-order valence-corrected chi connectivity index (χ1v) is 7.76. The van der Waals surface area contributed by atoms with E-state index in [1.165, 1.54) is 0 Å². The molecule has 3 heterocycles. The number of nitrogens with zero attached hydrogens (tertiary/aromatic N) is 2. The molecule has 1 aromatic rings. The molecular formula is C16H24N2O3. The smallest absolute Gasteiger partial charge is 0.257 e. The van der Waals surface area contributed by atoms with Gasteiger partial charge in [-0.25, -0.2) is 0 Å². The Morgan fingerprint density at radius 2 is 2.29 bits per heavy atom. The van der Waals surface area contributed by atoms with Gasteiger partial charge in [0.1, 0.15) is 5.76 Å². The molecule has 21 heavy (non-hydrogen) atoms. The fraction of sp³-hybridized carbons (Fsp3) is 0.688. The summed E-state index contributed by atoms with van der Waals surface area (Å²) in [5.41, 5.74) is 0.694. The van der Waals surface area contributed by atoms with Gasteiger partial charge in [-0.15, -0.1) is 0 Å². The van der Waals surface area contributed by atoms with Crippen molar-refractivity contribution in [1.29, 1.82) is 0 Å². The first-order chi connectivity index (χ1) is 10.2. The average molecular weight is 292 g/mol. The Morgan fingerprint density at radius 1 is 1.48 bits per heavy atom. The standard InChI is InChI=1S/C16H24N2O3/c1-4-17-9-13-14(10-17)18(7-5-15(13)20-3)16(19)12-6-8-21-11(12)2/h6,8,13-15H,4-5,7,9-10H2,1-3H3/t13-,14+,15-/m1/s1. The fourth-order valence-electron chi connectivity index (χ4n) is 3.80. The zero-order chi connectivity index (χ0) is 15.0. The van der Waals surface area contributed by atoms with Crippen molar-refractivity contribution in [2.75, 3.05) is 33.3 Å². The maximum absolute atomic E-state index is 12.8. The van der Waals surface area contributed by atoms with Crippen LogP contribution in [0.25, 0.3) is 0 Å². The Balaban J connectivity index is 1.83. The number of fused-ring (bicyclic) bond motifs is 1. The predicted octanol–water partition coefficient (Wildman–Crippen LogP) is 1.77. The zero-order valence-corrected chi connectivity index (χ0v) is 13.0. The third-order valence-electron chi connectivity index (χ3n) is 5.04. The highest BCUT2D eigenvalue weighted by molar-refractivity contribution is 5.95. The van der Waals surface area contributed by atoms with Gasteiger partial charge in [0, 0.05) is 32.7 Å². The summed E-state index contributed by atoms with van der Waals surface area (Å²) >= 11 is 0. The van der Waals surface area contributed by atoms with Gasteiger partial charge in [0.25, 0.3) is 5.91 Å². The monoisotopic (exact) mass is 292 g/mol. The van der Waals surface area contributed by atoms with Gasteiger partial charge >= 0.3 is 0 Å². The van der Waals surface area contributed by atoms with Crippen LogP contribution < -0.4 is 0 Å².